The van der Waals surface area contributed by atoms with Crippen LogP contribution < -0.4 is 4.74 Å². The van der Waals surface area contributed by atoms with Crippen LogP contribution in [0.2, 0.25) is 0 Å². The first-order chi connectivity index (χ1) is 9.14. The van der Waals surface area contributed by atoms with Gasteiger partial charge in [-0.25, -0.2) is 0 Å². The van der Waals surface area contributed by atoms with Gasteiger partial charge < -0.3 is 4.74 Å². The van der Waals surface area contributed by atoms with E-state index in [4.69, 9.17) is 4.74 Å². The quantitative estimate of drug-likeness (QED) is 0.819. The van der Waals surface area contributed by atoms with Crippen molar-refractivity contribution in [1.82, 2.24) is 0 Å². The number of fused-ring (bicyclic) bond motifs is 1. The summed E-state index contributed by atoms with van der Waals surface area (Å²) < 4.78 is 5.47. The molecule has 1 aromatic carbocycles. The third kappa shape index (κ3) is 1.97. The molecule has 1 saturated carbocycles. The summed E-state index contributed by atoms with van der Waals surface area (Å²) in [5.41, 5.74) is 1.62. The Morgan fingerprint density at radius 1 is 1.21 bits per heavy atom. The number of rotatable bonds is 2. The van der Waals surface area contributed by atoms with Crippen molar-refractivity contribution in [3.05, 3.63) is 29.3 Å². The highest BCUT2D eigenvalue weighted by molar-refractivity contribution is 6.06. The number of hydrogen-bond donors (Lipinski definition) is 0. The van der Waals surface area contributed by atoms with E-state index in [0.29, 0.717) is 38.1 Å². The Morgan fingerprint density at radius 2 is 1.95 bits per heavy atom. The van der Waals surface area contributed by atoms with Crippen molar-refractivity contribution in [2.45, 2.75) is 39.0 Å². The Balaban J connectivity index is 1.91. The fourth-order valence-electron chi connectivity index (χ4n) is 3.32. The SMILES string of the molecule is CCOc1ccc2c(c1)C(=O)C1(CCC(=O)CC1)C2. The van der Waals surface area contributed by atoms with E-state index in [1.165, 1.54) is 0 Å². The van der Waals surface area contributed by atoms with E-state index >= 15 is 0 Å². The molecule has 100 valence electrons. The Bertz CT molecular complexity index is 535. The third-order valence-corrected chi connectivity index (χ3v) is 4.41. The van der Waals surface area contributed by atoms with Crippen LogP contribution in [0, 0.1) is 5.41 Å². The normalized spacial score (nSPS) is 20.7. The van der Waals surface area contributed by atoms with Gasteiger partial charge in [0.15, 0.2) is 5.78 Å². The van der Waals surface area contributed by atoms with Gasteiger partial charge in [-0.1, -0.05) is 6.07 Å². The maximum absolute atomic E-state index is 12.7. The van der Waals surface area contributed by atoms with Gasteiger partial charge in [0.05, 0.1) is 6.61 Å². The molecular formula is C16H18O3. The summed E-state index contributed by atoms with van der Waals surface area (Å²) in [7, 11) is 0. The van der Waals surface area contributed by atoms with Crippen molar-refractivity contribution in [3.63, 3.8) is 0 Å². The van der Waals surface area contributed by atoms with E-state index < -0.39 is 0 Å². The Morgan fingerprint density at radius 3 is 2.63 bits per heavy atom. The Hall–Kier alpha value is -1.64. The lowest BCUT2D eigenvalue weighted by atomic mass is 9.71. The Kier molecular flexibility index (Phi) is 2.92. The van der Waals surface area contributed by atoms with Crippen LogP contribution in [0.5, 0.6) is 5.75 Å². The van der Waals surface area contributed by atoms with E-state index in [1.807, 2.05) is 25.1 Å². The second-order valence-corrected chi connectivity index (χ2v) is 5.58. The second-order valence-electron chi connectivity index (χ2n) is 5.58. The molecule has 2 aliphatic rings. The number of hydrogen-bond acceptors (Lipinski definition) is 3. The van der Waals surface area contributed by atoms with Crippen LogP contribution in [-0.4, -0.2) is 18.2 Å². The van der Waals surface area contributed by atoms with Crippen LogP contribution in [0.4, 0.5) is 0 Å². The minimum Gasteiger partial charge on any atom is -0.494 e. The van der Waals surface area contributed by atoms with E-state index in [0.717, 1.165) is 23.3 Å². The highest BCUT2D eigenvalue weighted by Gasteiger charge is 2.47. The fraction of sp³-hybridized carbons (Fsp3) is 0.500. The first kappa shape index (κ1) is 12.4. The molecule has 1 aromatic rings. The summed E-state index contributed by atoms with van der Waals surface area (Å²) >= 11 is 0. The predicted octanol–water partition coefficient (Wildman–Crippen LogP) is 2.95. The monoisotopic (exact) mass is 258 g/mol. The lowest BCUT2D eigenvalue weighted by molar-refractivity contribution is -0.121. The summed E-state index contributed by atoms with van der Waals surface area (Å²) in [5, 5.41) is 0. The molecule has 0 saturated heterocycles. The number of ether oxygens (including phenoxy) is 1. The molecule has 19 heavy (non-hydrogen) atoms. The van der Waals surface area contributed by atoms with Gasteiger partial charge >= 0.3 is 0 Å². The lowest BCUT2D eigenvalue weighted by Crippen LogP contribution is -2.33. The largest absolute Gasteiger partial charge is 0.494 e. The van der Waals surface area contributed by atoms with E-state index in [1.54, 1.807) is 0 Å². The summed E-state index contributed by atoms with van der Waals surface area (Å²) in [6.45, 7) is 2.54. The van der Waals surface area contributed by atoms with Gasteiger partial charge in [0.2, 0.25) is 0 Å². The van der Waals surface area contributed by atoms with Crippen molar-refractivity contribution in [2.24, 2.45) is 5.41 Å². The molecule has 0 radical (unpaired) electrons. The molecule has 0 aromatic heterocycles. The Labute approximate surface area is 113 Å². The molecule has 3 rings (SSSR count). The molecular weight excluding hydrogens is 240 g/mol. The van der Waals surface area contributed by atoms with Gasteiger partial charge in [0.25, 0.3) is 0 Å². The van der Waals surface area contributed by atoms with Crippen molar-refractivity contribution < 1.29 is 14.3 Å². The van der Waals surface area contributed by atoms with Crippen molar-refractivity contribution >= 4 is 11.6 Å². The van der Waals surface area contributed by atoms with Crippen LogP contribution in [-0.2, 0) is 11.2 Å². The molecule has 3 nitrogen and oxygen atoms in total. The van der Waals surface area contributed by atoms with Gasteiger partial charge in [-0.15, -0.1) is 0 Å². The summed E-state index contributed by atoms with van der Waals surface area (Å²) in [6.07, 6.45) is 3.32. The first-order valence-corrected chi connectivity index (χ1v) is 6.97. The van der Waals surface area contributed by atoms with Gasteiger partial charge in [0, 0.05) is 23.8 Å². The summed E-state index contributed by atoms with van der Waals surface area (Å²) in [4.78, 5) is 24.1. The molecule has 0 aliphatic heterocycles. The van der Waals surface area contributed by atoms with Crippen LogP contribution in [0.3, 0.4) is 0 Å². The average Bonchev–Trinajstić information content (AvgIpc) is 2.68. The van der Waals surface area contributed by atoms with Crippen LogP contribution >= 0.6 is 0 Å². The topological polar surface area (TPSA) is 43.4 Å². The number of Topliss-reactive ketones (excluding diaryl/α,β-unsaturated/α-hetero) is 2. The lowest BCUT2D eigenvalue weighted by Gasteiger charge is -2.30. The van der Waals surface area contributed by atoms with Crippen LogP contribution in [0.1, 0.15) is 48.5 Å². The fourth-order valence-corrected chi connectivity index (χ4v) is 3.32. The van der Waals surface area contributed by atoms with Crippen molar-refractivity contribution in [2.75, 3.05) is 6.61 Å². The number of benzene rings is 1. The van der Waals surface area contributed by atoms with Gasteiger partial charge in [-0.05, 0) is 43.9 Å². The van der Waals surface area contributed by atoms with Crippen LogP contribution in [0.15, 0.2) is 18.2 Å². The predicted molar refractivity (Wildman–Crippen MR) is 71.6 cm³/mol. The maximum atomic E-state index is 12.7. The molecule has 3 heteroatoms. The summed E-state index contributed by atoms with van der Waals surface area (Å²) in [6, 6.07) is 5.80. The third-order valence-electron chi connectivity index (χ3n) is 4.41. The molecule has 0 bridgehead atoms. The van der Waals surface area contributed by atoms with Crippen molar-refractivity contribution in [1.29, 1.82) is 0 Å². The minimum absolute atomic E-state index is 0.219. The standard InChI is InChI=1S/C16H18O3/c1-2-19-13-4-3-11-10-16(15(18)14(11)9-13)7-5-12(17)6-8-16/h3-4,9H,2,5-8,10H2,1H3. The first-order valence-electron chi connectivity index (χ1n) is 6.97. The molecule has 2 aliphatic carbocycles. The number of ketones is 2. The number of carbonyl (C=O) groups excluding carboxylic acids is 2. The average molecular weight is 258 g/mol. The maximum Gasteiger partial charge on any atom is 0.169 e. The molecule has 0 N–H and O–H groups in total. The highest BCUT2D eigenvalue weighted by atomic mass is 16.5. The van der Waals surface area contributed by atoms with Crippen molar-refractivity contribution in [3.8, 4) is 5.75 Å². The van der Waals surface area contributed by atoms with E-state index in [2.05, 4.69) is 0 Å². The van der Waals surface area contributed by atoms with Gasteiger partial charge in [0.1, 0.15) is 11.5 Å². The zero-order chi connectivity index (χ0) is 13.5. The zero-order valence-electron chi connectivity index (χ0n) is 11.2. The number of carbonyl (C=O) groups is 2. The van der Waals surface area contributed by atoms with Gasteiger partial charge in [-0.2, -0.15) is 0 Å². The summed E-state index contributed by atoms with van der Waals surface area (Å²) in [5.74, 6) is 1.28. The minimum atomic E-state index is -0.304. The second kappa shape index (κ2) is 4.48. The molecule has 0 amide bonds. The molecule has 1 spiro atoms. The van der Waals surface area contributed by atoms with E-state index in [-0.39, 0.29) is 11.2 Å². The molecule has 0 atom stereocenters. The molecule has 0 heterocycles. The van der Waals surface area contributed by atoms with Gasteiger partial charge in [-0.3, -0.25) is 9.59 Å². The zero-order valence-corrected chi connectivity index (χ0v) is 11.2. The highest BCUT2D eigenvalue weighted by Crippen LogP contribution is 2.47. The van der Waals surface area contributed by atoms with Crippen LogP contribution in [0.25, 0.3) is 0 Å². The van der Waals surface area contributed by atoms with E-state index in [9.17, 15) is 9.59 Å². The smallest absolute Gasteiger partial charge is 0.169 e. The molecule has 1 fully saturated rings. The molecule has 0 unspecified atom stereocenters.